The Kier molecular flexibility index (Phi) is 3.26. The Morgan fingerprint density at radius 1 is 1.60 bits per heavy atom. The van der Waals surface area contributed by atoms with E-state index in [2.05, 4.69) is 16.8 Å². The molecule has 1 heterocycles. The second-order valence-electron chi connectivity index (χ2n) is 4.10. The molecule has 84 valence electrons. The number of hydrogen-bond donors (Lipinski definition) is 1. The van der Waals surface area contributed by atoms with Crippen LogP contribution in [0.25, 0.3) is 0 Å². The Morgan fingerprint density at radius 2 is 2.40 bits per heavy atom. The van der Waals surface area contributed by atoms with Crippen molar-refractivity contribution in [3.8, 4) is 0 Å². The van der Waals surface area contributed by atoms with Crippen LogP contribution >= 0.6 is 0 Å². The van der Waals surface area contributed by atoms with E-state index in [9.17, 15) is 0 Å². The van der Waals surface area contributed by atoms with E-state index in [0.717, 1.165) is 18.3 Å². The summed E-state index contributed by atoms with van der Waals surface area (Å²) < 4.78 is 5.45. The lowest BCUT2D eigenvalue weighted by Crippen LogP contribution is -2.27. The van der Waals surface area contributed by atoms with E-state index in [-0.39, 0.29) is 0 Å². The van der Waals surface area contributed by atoms with Gasteiger partial charge in [-0.05, 0) is 19.3 Å². The standard InChI is InChI=1S/C11H19N3O/c1-2-3-6-14(10-4-5-10)11-13-9(7-12)8-15-11/h8,10H,2-7,12H2,1H3. The van der Waals surface area contributed by atoms with E-state index in [0.29, 0.717) is 12.6 Å². The monoisotopic (exact) mass is 209 g/mol. The summed E-state index contributed by atoms with van der Waals surface area (Å²) in [6.45, 7) is 3.70. The van der Waals surface area contributed by atoms with Gasteiger partial charge in [0.25, 0.3) is 6.01 Å². The van der Waals surface area contributed by atoms with Gasteiger partial charge in [0.2, 0.25) is 0 Å². The Morgan fingerprint density at radius 3 is 2.93 bits per heavy atom. The van der Waals surface area contributed by atoms with Crippen molar-refractivity contribution < 1.29 is 4.42 Å². The third kappa shape index (κ3) is 2.50. The Balaban J connectivity index is 2.02. The summed E-state index contributed by atoms with van der Waals surface area (Å²) >= 11 is 0. The maximum atomic E-state index is 5.51. The molecule has 1 saturated carbocycles. The molecule has 0 spiro atoms. The zero-order valence-electron chi connectivity index (χ0n) is 9.28. The number of anilines is 1. The minimum Gasteiger partial charge on any atom is -0.432 e. The molecule has 2 rings (SSSR count). The Bertz CT molecular complexity index is 307. The van der Waals surface area contributed by atoms with Gasteiger partial charge in [-0.3, -0.25) is 0 Å². The molecule has 0 amide bonds. The number of aromatic nitrogens is 1. The molecule has 1 aliphatic carbocycles. The maximum Gasteiger partial charge on any atom is 0.297 e. The van der Waals surface area contributed by atoms with Gasteiger partial charge < -0.3 is 15.1 Å². The minimum atomic E-state index is 0.454. The fourth-order valence-electron chi connectivity index (χ4n) is 1.67. The molecule has 0 aromatic carbocycles. The van der Waals surface area contributed by atoms with Crippen LogP contribution in [0, 0.1) is 0 Å². The van der Waals surface area contributed by atoms with Crippen molar-refractivity contribution >= 4 is 6.01 Å². The molecule has 0 aliphatic heterocycles. The van der Waals surface area contributed by atoms with Gasteiger partial charge in [0.05, 0.1) is 5.69 Å². The normalized spacial score (nSPS) is 15.6. The van der Waals surface area contributed by atoms with Crippen LogP contribution in [-0.2, 0) is 6.54 Å². The van der Waals surface area contributed by atoms with Gasteiger partial charge in [-0.25, -0.2) is 0 Å². The number of nitrogens with two attached hydrogens (primary N) is 1. The quantitative estimate of drug-likeness (QED) is 0.777. The number of unbranched alkanes of at least 4 members (excludes halogenated alkanes) is 1. The Hall–Kier alpha value is -1.03. The predicted octanol–water partition coefficient (Wildman–Crippen LogP) is 1.90. The van der Waals surface area contributed by atoms with Gasteiger partial charge in [-0.2, -0.15) is 4.98 Å². The smallest absolute Gasteiger partial charge is 0.297 e. The van der Waals surface area contributed by atoms with Gasteiger partial charge in [-0.1, -0.05) is 13.3 Å². The fourth-order valence-corrected chi connectivity index (χ4v) is 1.67. The fraction of sp³-hybridized carbons (Fsp3) is 0.727. The van der Waals surface area contributed by atoms with E-state index in [4.69, 9.17) is 10.2 Å². The first kappa shape index (κ1) is 10.5. The van der Waals surface area contributed by atoms with Gasteiger partial charge in [-0.15, -0.1) is 0 Å². The summed E-state index contributed by atoms with van der Waals surface area (Å²) in [4.78, 5) is 6.66. The molecule has 0 atom stereocenters. The first-order valence-corrected chi connectivity index (χ1v) is 5.76. The van der Waals surface area contributed by atoms with Gasteiger partial charge >= 0.3 is 0 Å². The third-order valence-electron chi connectivity index (χ3n) is 2.73. The Labute approximate surface area is 90.5 Å². The molecule has 4 nitrogen and oxygen atoms in total. The maximum absolute atomic E-state index is 5.51. The lowest BCUT2D eigenvalue weighted by Gasteiger charge is -2.19. The molecule has 1 aromatic heterocycles. The first-order valence-electron chi connectivity index (χ1n) is 5.76. The van der Waals surface area contributed by atoms with Gasteiger partial charge in [0, 0.05) is 19.1 Å². The van der Waals surface area contributed by atoms with Crippen molar-refractivity contribution in [1.29, 1.82) is 0 Å². The van der Waals surface area contributed by atoms with Crippen molar-refractivity contribution in [2.75, 3.05) is 11.4 Å². The van der Waals surface area contributed by atoms with E-state index in [1.165, 1.54) is 25.7 Å². The topological polar surface area (TPSA) is 55.3 Å². The number of oxazole rings is 1. The molecule has 0 bridgehead atoms. The SMILES string of the molecule is CCCCN(c1nc(CN)co1)C1CC1. The second-order valence-corrected chi connectivity index (χ2v) is 4.10. The number of nitrogens with zero attached hydrogens (tertiary/aromatic N) is 2. The molecule has 0 unspecified atom stereocenters. The molecule has 1 aromatic rings. The molecule has 4 heteroatoms. The van der Waals surface area contributed by atoms with Crippen LogP contribution in [-0.4, -0.2) is 17.6 Å². The van der Waals surface area contributed by atoms with E-state index >= 15 is 0 Å². The highest BCUT2D eigenvalue weighted by molar-refractivity contribution is 5.31. The molecule has 1 aliphatic rings. The summed E-state index contributed by atoms with van der Waals surface area (Å²) in [6.07, 6.45) is 6.59. The average Bonchev–Trinajstić information content (AvgIpc) is 2.97. The zero-order valence-corrected chi connectivity index (χ0v) is 9.28. The van der Waals surface area contributed by atoms with E-state index < -0.39 is 0 Å². The van der Waals surface area contributed by atoms with Crippen LogP contribution in [0.5, 0.6) is 0 Å². The molecular formula is C11H19N3O. The van der Waals surface area contributed by atoms with E-state index in [1.807, 2.05) is 0 Å². The molecule has 15 heavy (non-hydrogen) atoms. The highest BCUT2D eigenvalue weighted by Gasteiger charge is 2.31. The molecule has 0 saturated heterocycles. The van der Waals surface area contributed by atoms with Crippen LogP contribution in [0.2, 0.25) is 0 Å². The molecular weight excluding hydrogens is 190 g/mol. The highest BCUT2D eigenvalue weighted by atomic mass is 16.4. The van der Waals surface area contributed by atoms with Crippen LogP contribution in [0.3, 0.4) is 0 Å². The van der Waals surface area contributed by atoms with Gasteiger partial charge in [0.1, 0.15) is 6.26 Å². The molecule has 1 fully saturated rings. The van der Waals surface area contributed by atoms with Crippen LogP contribution in [0.4, 0.5) is 6.01 Å². The number of rotatable bonds is 6. The molecule has 0 radical (unpaired) electrons. The highest BCUT2D eigenvalue weighted by Crippen LogP contribution is 2.31. The van der Waals surface area contributed by atoms with E-state index in [1.54, 1.807) is 6.26 Å². The van der Waals surface area contributed by atoms with Gasteiger partial charge in [0.15, 0.2) is 0 Å². The molecule has 2 N–H and O–H groups in total. The van der Waals surface area contributed by atoms with Crippen molar-refractivity contribution in [3.63, 3.8) is 0 Å². The summed E-state index contributed by atoms with van der Waals surface area (Å²) in [7, 11) is 0. The lowest BCUT2D eigenvalue weighted by molar-refractivity contribution is 0.524. The third-order valence-corrected chi connectivity index (χ3v) is 2.73. The van der Waals surface area contributed by atoms with Crippen LogP contribution in [0.1, 0.15) is 38.3 Å². The van der Waals surface area contributed by atoms with Crippen LogP contribution < -0.4 is 10.6 Å². The summed E-state index contributed by atoms with van der Waals surface area (Å²) in [5, 5.41) is 0. The van der Waals surface area contributed by atoms with Crippen molar-refractivity contribution in [1.82, 2.24) is 4.98 Å². The number of hydrogen-bond acceptors (Lipinski definition) is 4. The minimum absolute atomic E-state index is 0.454. The summed E-state index contributed by atoms with van der Waals surface area (Å²) in [6, 6.07) is 1.41. The summed E-state index contributed by atoms with van der Waals surface area (Å²) in [5.74, 6) is 0. The zero-order chi connectivity index (χ0) is 10.7. The van der Waals surface area contributed by atoms with Crippen molar-refractivity contribution in [2.45, 2.75) is 45.2 Å². The predicted molar refractivity (Wildman–Crippen MR) is 59.7 cm³/mol. The van der Waals surface area contributed by atoms with Crippen LogP contribution in [0.15, 0.2) is 10.7 Å². The lowest BCUT2D eigenvalue weighted by atomic mass is 10.3. The largest absolute Gasteiger partial charge is 0.432 e. The second kappa shape index (κ2) is 4.66. The van der Waals surface area contributed by atoms with Crippen molar-refractivity contribution in [3.05, 3.63) is 12.0 Å². The summed E-state index contributed by atoms with van der Waals surface area (Å²) in [5.41, 5.74) is 6.35. The van der Waals surface area contributed by atoms with Crippen molar-refractivity contribution in [2.24, 2.45) is 5.73 Å². The first-order chi connectivity index (χ1) is 7.35. The average molecular weight is 209 g/mol.